The molecule has 2 atom stereocenters. The molecule has 74 valence electrons. The first-order chi connectivity index (χ1) is 5.84. The fraction of sp³-hybridized carbons (Fsp3) is 1.00. The minimum Gasteiger partial charge on any atom is -0.378 e. The number of rotatable bonds is 3. The zero-order valence-electron chi connectivity index (χ0n) is 9.10. The molecule has 1 aliphatic heterocycles. The molecule has 1 aliphatic rings. The van der Waals surface area contributed by atoms with Crippen molar-refractivity contribution in [1.82, 2.24) is 0 Å². The van der Waals surface area contributed by atoms with E-state index in [1.54, 1.807) is 0 Å². The minimum atomic E-state index is 0.583. The summed E-state index contributed by atoms with van der Waals surface area (Å²) in [5, 5.41) is 0. The Morgan fingerprint density at radius 1 is 1.33 bits per heavy atom. The molecule has 0 N–H and O–H groups in total. The van der Waals surface area contributed by atoms with Crippen molar-refractivity contribution >= 4 is 0 Å². The second kappa shape index (κ2) is 7.60. The SMILES string of the molecule is CC.CCCCC1OCCC1C. The summed E-state index contributed by atoms with van der Waals surface area (Å²) in [6, 6.07) is 0. The summed E-state index contributed by atoms with van der Waals surface area (Å²) in [5.74, 6) is 0.812. The van der Waals surface area contributed by atoms with Crippen LogP contribution in [0.25, 0.3) is 0 Å². The quantitative estimate of drug-likeness (QED) is 0.631. The normalized spacial score (nSPS) is 28.0. The first-order valence-corrected chi connectivity index (χ1v) is 5.46. The van der Waals surface area contributed by atoms with Gasteiger partial charge in [-0.25, -0.2) is 0 Å². The molecule has 0 bridgehead atoms. The van der Waals surface area contributed by atoms with E-state index in [1.807, 2.05) is 13.8 Å². The summed E-state index contributed by atoms with van der Waals surface area (Å²) in [4.78, 5) is 0. The summed E-state index contributed by atoms with van der Waals surface area (Å²) >= 11 is 0. The van der Waals surface area contributed by atoms with Crippen LogP contribution >= 0.6 is 0 Å². The minimum absolute atomic E-state index is 0.583. The molecule has 1 heterocycles. The summed E-state index contributed by atoms with van der Waals surface area (Å²) in [5.41, 5.74) is 0. The van der Waals surface area contributed by atoms with E-state index in [0.29, 0.717) is 6.10 Å². The predicted molar refractivity (Wildman–Crippen MR) is 54.4 cm³/mol. The second-order valence-electron chi connectivity index (χ2n) is 3.32. The van der Waals surface area contributed by atoms with Gasteiger partial charge in [0.05, 0.1) is 6.10 Å². The molecule has 12 heavy (non-hydrogen) atoms. The van der Waals surface area contributed by atoms with Gasteiger partial charge in [-0.15, -0.1) is 0 Å². The van der Waals surface area contributed by atoms with Gasteiger partial charge in [0.25, 0.3) is 0 Å². The first kappa shape index (κ1) is 12.0. The van der Waals surface area contributed by atoms with Crippen LogP contribution in [0.1, 0.15) is 53.4 Å². The lowest BCUT2D eigenvalue weighted by atomic mass is 10.00. The Kier molecular flexibility index (Phi) is 7.58. The highest BCUT2D eigenvalue weighted by Crippen LogP contribution is 2.23. The highest BCUT2D eigenvalue weighted by molar-refractivity contribution is 4.71. The van der Waals surface area contributed by atoms with Crippen LogP contribution in [0.15, 0.2) is 0 Å². The van der Waals surface area contributed by atoms with Gasteiger partial charge in [0.15, 0.2) is 0 Å². The van der Waals surface area contributed by atoms with Crippen molar-refractivity contribution in [3.8, 4) is 0 Å². The van der Waals surface area contributed by atoms with E-state index < -0.39 is 0 Å². The largest absolute Gasteiger partial charge is 0.378 e. The highest BCUT2D eigenvalue weighted by atomic mass is 16.5. The van der Waals surface area contributed by atoms with Crippen LogP contribution in [0.2, 0.25) is 0 Å². The average molecular weight is 172 g/mol. The van der Waals surface area contributed by atoms with Crippen LogP contribution in [-0.2, 0) is 4.74 Å². The molecule has 1 fully saturated rings. The second-order valence-corrected chi connectivity index (χ2v) is 3.32. The molecule has 1 nitrogen and oxygen atoms in total. The van der Waals surface area contributed by atoms with Gasteiger partial charge in [0.2, 0.25) is 0 Å². The maximum Gasteiger partial charge on any atom is 0.0601 e. The molecule has 0 aromatic carbocycles. The number of unbranched alkanes of at least 4 members (excludes halogenated alkanes) is 1. The topological polar surface area (TPSA) is 9.23 Å². The van der Waals surface area contributed by atoms with Crippen LogP contribution in [-0.4, -0.2) is 12.7 Å². The molecule has 1 heteroatoms. The molecule has 0 amide bonds. The zero-order chi connectivity index (χ0) is 9.40. The summed E-state index contributed by atoms with van der Waals surface area (Å²) < 4.78 is 5.57. The number of ether oxygens (including phenoxy) is 1. The van der Waals surface area contributed by atoms with Crippen LogP contribution in [0, 0.1) is 5.92 Å². The van der Waals surface area contributed by atoms with E-state index in [0.717, 1.165) is 12.5 Å². The maximum atomic E-state index is 5.57. The Bertz CT molecular complexity index is 91.0. The van der Waals surface area contributed by atoms with Gasteiger partial charge in [-0.1, -0.05) is 40.5 Å². The van der Waals surface area contributed by atoms with E-state index in [9.17, 15) is 0 Å². The zero-order valence-corrected chi connectivity index (χ0v) is 9.10. The molecular weight excluding hydrogens is 148 g/mol. The van der Waals surface area contributed by atoms with Crippen molar-refractivity contribution < 1.29 is 4.74 Å². The van der Waals surface area contributed by atoms with Gasteiger partial charge >= 0.3 is 0 Å². The smallest absolute Gasteiger partial charge is 0.0601 e. The Labute approximate surface area is 77.5 Å². The van der Waals surface area contributed by atoms with Crippen molar-refractivity contribution in [2.75, 3.05) is 6.61 Å². The van der Waals surface area contributed by atoms with Gasteiger partial charge in [-0.05, 0) is 18.8 Å². The van der Waals surface area contributed by atoms with Gasteiger partial charge < -0.3 is 4.74 Å². The van der Waals surface area contributed by atoms with Crippen molar-refractivity contribution in [3.63, 3.8) is 0 Å². The van der Waals surface area contributed by atoms with Crippen molar-refractivity contribution in [2.45, 2.75) is 59.5 Å². The Balaban J connectivity index is 0.000000561. The fourth-order valence-electron chi connectivity index (χ4n) is 1.53. The monoisotopic (exact) mass is 172 g/mol. The predicted octanol–water partition coefficient (Wildman–Crippen LogP) is 3.63. The molecular formula is C11H24O. The van der Waals surface area contributed by atoms with Crippen LogP contribution in [0.4, 0.5) is 0 Å². The van der Waals surface area contributed by atoms with Crippen LogP contribution < -0.4 is 0 Å². The van der Waals surface area contributed by atoms with Crippen LogP contribution in [0.3, 0.4) is 0 Å². The van der Waals surface area contributed by atoms with E-state index >= 15 is 0 Å². The molecule has 0 aliphatic carbocycles. The van der Waals surface area contributed by atoms with Gasteiger partial charge in [0.1, 0.15) is 0 Å². The molecule has 0 radical (unpaired) electrons. The fourth-order valence-corrected chi connectivity index (χ4v) is 1.53. The van der Waals surface area contributed by atoms with E-state index in [-0.39, 0.29) is 0 Å². The van der Waals surface area contributed by atoms with E-state index in [4.69, 9.17) is 4.74 Å². The average Bonchev–Trinajstić information content (AvgIpc) is 2.51. The van der Waals surface area contributed by atoms with Crippen molar-refractivity contribution in [3.05, 3.63) is 0 Å². The summed E-state index contributed by atoms with van der Waals surface area (Å²) in [7, 11) is 0. The highest BCUT2D eigenvalue weighted by Gasteiger charge is 2.22. The lowest BCUT2D eigenvalue weighted by Crippen LogP contribution is -2.12. The van der Waals surface area contributed by atoms with Gasteiger partial charge in [-0.2, -0.15) is 0 Å². The third kappa shape index (κ3) is 4.10. The molecule has 1 saturated heterocycles. The van der Waals surface area contributed by atoms with Gasteiger partial charge in [-0.3, -0.25) is 0 Å². The Hall–Kier alpha value is -0.0400. The lowest BCUT2D eigenvalue weighted by Gasteiger charge is -2.12. The Morgan fingerprint density at radius 2 is 2.00 bits per heavy atom. The Morgan fingerprint density at radius 3 is 2.42 bits per heavy atom. The summed E-state index contributed by atoms with van der Waals surface area (Å²) in [6.45, 7) is 9.53. The van der Waals surface area contributed by atoms with Gasteiger partial charge in [0, 0.05) is 6.61 Å². The van der Waals surface area contributed by atoms with E-state index in [1.165, 1.54) is 25.7 Å². The molecule has 2 unspecified atom stereocenters. The standard InChI is InChI=1S/C9H18O.C2H6/c1-3-4-5-9-8(2)6-7-10-9;1-2/h8-9H,3-7H2,1-2H3;1-2H3. The first-order valence-electron chi connectivity index (χ1n) is 5.46. The third-order valence-electron chi connectivity index (χ3n) is 2.38. The summed E-state index contributed by atoms with van der Waals surface area (Å²) in [6.07, 6.45) is 5.76. The lowest BCUT2D eigenvalue weighted by molar-refractivity contribution is 0.0852. The van der Waals surface area contributed by atoms with Crippen LogP contribution in [0.5, 0.6) is 0 Å². The molecule has 0 saturated carbocycles. The maximum absolute atomic E-state index is 5.57. The molecule has 0 spiro atoms. The van der Waals surface area contributed by atoms with E-state index in [2.05, 4.69) is 13.8 Å². The van der Waals surface area contributed by atoms with Crippen molar-refractivity contribution in [1.29, 1.82) is 0 Å². The number of hydrogen-bond donors (Lipinski definition) is 0. The molecule has 0 aromatic rings. The third-order valence-corrected chi connectivity index (χ3v) is 2.38. The number of hydrogen-bond acceptors (Lipinski definition) is 1. The molecule has 0 aromatic heterocycles. The molecule has 1 rings (SSSR count). The van der Waals surface area contributed by atoms with Crippen molar-refractivity contribution in [2.24, 2.45) is 5.92 Å².